The van der Waals surface area contributed by atoms with Crippen molar-refractivity contribution in [1.82, 2.24) is 0 Å². The highest BCUT2D eigenvalue weighted by Gasteiger charge is 2.60. The Labute approximate surface area is 196 Å². The van der Waals surface area contributed by atoms with Crippen LogP contribution in [0.2, 0.25) is 0 Å². The first-order chi connectivity index (χ1) is 15.7. The van der Waals surface area contributed by atoms with Crippen molar-refractivity contribution in [3.63, 3.8) is 0 Å². The van der Waals surface area contributed by atoms with E-state index in [-0.39, 0.29) is 23.4 Å². The van der Waals surface area contributed by atoms with Gasteiger partial charge in [0.1, 0.15) is 12.2 Å². The SMILES string of the molecule is COC(=O)OC1CC2=CC=C3[C@@H]4CC[C@H](C(C)CO)[C@@]4(C)CC[C@@H]3[C@@]2(C)C(OC(=O)OC)C1. The Morgan fingerprint density at radius 1 is 1.06 bits per heavy atom. The molecule has 0 amide bonds. The van der Waals surface area contributed by atoms with E-state index in [9.17, 15) is 14.7 Å². The second-order valence-electron chi connectivity index (χ2n) is 10.8. The standard InChI is InChI=1S/C26H38O7/c1-15(14-27)19-8-9-20-18-7-6-16-12-17(32-23(28)30-4)13-22(33-24(29)31-5)26(16,3)21(18)10-11-25(19,20)2/h6-7,15,17,19-22,27H,8-14H2,1-5H3/t15?,17?,19-,20+,21+,22?,25-,26+/m1/s1. The lowest BCUT2D eigenvalue weighted by molar-refractivity contribution is -0.0833. The Morgan fingerprint density at radius 2 is 1.76 bits per heavy atom. The van der Waals surface area contributed by atoms with E-state index >= 15 is 0 Å². The monoisotopic (exact) mass is 462 g/mol. The van der Waals surface area contributed by atoms with Gasteiger partial charge in [-0.3, -0.25) is 0 Å². The third-order valence-electron chi connectivity index (χ3n) is 9.48. The fraction of sp³-hybridized carbons (Fsp3) is 0.769. The molecular formula is C26H38O7. The number of rotatable bonds is 4. The fourth-order valence-electron chi connectivity index (χ4n) is 7.72. The van der Waals surface area contributed by atoms with Gasteiger partial charge in [-0.2, -0.15) is 0 Å². The average molecular weight is 463 g/mol. The molecule has 0 aromatic rings. The lowest BCUT2D eigenvalue weighted by Gasteiger charge is -2.57. The summed E-state index contributed by atoms with van der Waals surface area (Å²) in [5, 5.41) is 9.85. The number of methoxy groups -OCH3 is 2. The maximum Gasteiger partial charge on any atom is 0.508 e. The number of allylic oxidation sites excluding steroid dienone is 3. The number of aliphatic hydroxyl groups is 1. The van der Waals surface area contributed by atoms with Crippen LogP contribution in [0, 0.1) is 34.5 Å². The Bertz CT molecular complexity index is 848. The molecule has 0 aromatic heterocycles. The molecule has 4 aliphatic rings. The highest BCUT2D eigenvalue weighted by atomic mass is 16.7. The predicted molar refractivity (Wildman–Crippen MR) is 121 cm³/mol. The van der Waals surface area contributed by atoms with Crippen molar-refractivity contribution in [3.05, 3.63) is 23.3 Å². The highest BCUT2D eigenvalue weighted by Crippen LogP contribution is 2.66. The summed E-state index contributed by atoms with van der Waals surface area (Å²) in [6, 6.07) is 0. The number of ether oxygens (including phenoxy) is 4. The van der Waals surface area contributed by atoms with E-state index in [1.165, 1.54) is 19.8 Å². The number of hydrogen-bond donors (Lipinski definition) is 1. The van der Waals surface area contributed by atoms with Gasteiger partial charge in [0.05, 0.1) is 14.2 Å². The minimum atomic E-state index is -0.725. The predicted octanol–water partition coefficient (Wildman–Crippen LogP) is 5.03. The van der Waals surface area contributed by atoms with Gasteiger partial charge in [-0.15, -0.1) is 0 Å². The van der Waals surface area contributed by atoms with Crippen LogP contribution in [0.15, 0.2) is 23.3 Å². The number of fused-ring (bicyclic) bond motifs is 5. The van der Waals surface area contributed by atoms with Gasteiger partial charge in [0.15, 0.2) is 0 Å². The van der Waals surface area contributed by atoms with Crippen molar-refractivity contribution < 1.29 is 33.6 Å². The summed E-state index contributed by atoms with van der Waals surface area (Å²) < 4.78 is 20.8. The first-order valence-electron chi connectivity index (χ1n) is 12.2. The molecule has 3 saturated carbocycles. The van der Waals surface area contributed by atoms with Crippen LogP contribution in [0.25, 0.3) is 0 Å². The normalized spacial score (nSPS) is 40.2. The lowest BCUT2D eigenvalue weighted by Crippen LogP contribution is -2.54. The minimum Gasteiger partial charge on any atom is -0.438 e. The van der Waals surface area contributed by atoms with Gasteiger partial charge >= 0.3 is 12.3 Å². The molecule has 0 aromatic carbocycles. The van der Waals surface area contributed by atoms with Crippen molar-refractivity contribution in [2.75, 3.05) is 20.8 Å². The fourth-order valence-corrected chi connectivity index (χ4v) is 7.72. The summed E-state index contributed by atoms with van der Waals surface area (Å²) in [4.78, 5) is 24.0. The van der Waals surface area contributed by atoms with E-state index in [2.05, 4.69) is 32.9 Å². The summed E-state index contributed by atoms with van der Waals surface area (Å²) in [7, 11) is 2.60. The Balaban J connectivity index is 1.68. The lowest BCUT2D eigenvalue weighted by atomic mass is 9.49. The van der Waals surface area contributed by atoms with Gasteiger partial charge in [-0.05, 0) is 54.8 Å². The minimum absolute atomic E-state index is 0.177. The topological polar surface area (TPSA) is 91.3 Å². The number of aliphatic hydroxyl groups excluding tert-OH is 1. The van der Waals surface area contributed by atoms with E-state index < -0.39 is 24.5 Å². The molecule has 0 saturated heterocycles. The van der Waals surface area contributed by atoms with Gasteiger partial charge in [0.2, 0.25) is 0 Å². The summed E-state index contributed by atoms with van der Waals surface area (Å²) in [5.41, 5.74) is 2.40. The zero-order chi connectivity index (χ0) is 24.0. The third kappa shape index (κ3) is 3.86. The summed E-state index contributed by atoms with van der Waals surface area (Å²) in [5.74, 6) is 1.53. The zero-order valence-electron chi connectivity index (χ0n) is 20.5. The molecule has 3 fully saturated rings. The molecule has 3 unspecified atom stereocenters. The van der Waals surface area contributed by atoms with Crippen LogP contribution in [0.5, 0.6) is 0 Å². The van der Waals surface area contributed by atoms with Crippen molar-refractivity contribution >= 4 is 12.3 Å². The van der Waals surface area contributed by atoms with Gasteiger partial charge in [0, 0.05) is 24.9 Å². The second-order valence-corrected chi connectivity index (χ2v) is 10.8. The summed E-state index contributed by atoms with van der Waals surface area (Å²) in [6.07, 6.45) is 7.49. The average Bonchev–Trinajstić information content (AvgIpc) is 3.16. The van der Waals surface area contributed by atoms with Crippen molar-refractivity contribution in [3.8, 4) is 0 Å². The Hall–Kier alpha value is -2.02. The molecule has 184 valence electrons. The van der Waals surface area contributed by atoms with Gasteiger partial charge in [0.25, 0.3) is 0 Å². The van der Waals surface area contributed by atoms with E-state index in [4.69, 9.17) is 18.9 Å². The van der Waals surface area contributed by atoms with Gasteiger partial charge in [-0.1, -0.05) is 44.1 Å². The molecule has 8 atom stereocenters. The number of carbonyl (C=O) groups excluding carboxylic acids is 2. The highest BCUT2D eigenvalue weighted by molar-refractivity contribution is 5.61. The molecule has 0 spiro atoms. The molecule has 33 heavy (non-hydrogen) atoms. The summed E-state index contributed by atoms with van der Waals surface area (Å²) in [6.45, 7) is 7.00. The van der Waals surface area contributed by atoms with Crippen LogP contribution < -0.4 is 0 Å². The van der Waals surface area contributed by atoms with Crippen LogP contribution in [0.4, 0.5) is 9.59 Å². The Kier molecular flexibility index (Phi) is 6.56. The van der Waals surface area contributed by atoms with Crippen LogP contribution in [0.3, 0.4) is 0 Å². The van der Waals surface area contributed by atoms with Crippen molar-refractivity contribution in [2.24, 2.45) is 34.5 Å². The molecule has 0 aliphatic heterocycles. The quantitative estimate of drug-likeness (QED) is 0.586. The Morgan fingerprint density at radius 3 is 2.42 bits per heavy atom. The van der Waals surface area contributed by atoms with Gasteiger partial charge < -0.3 is 24.1 Å². The summed E-state index contributed by atoms with van der Waals surface area (Å²) >= 11 is 0. The second kappa shape index (κ2) is 8.97. The maximum atomic E-state index is 12.2. The van der Waals surface area contributed by atoms with Crippen LogP contribution in [0.1, 0.15) is 59.3 Å². The zero-order valence-corrected chi connectivity index (χ0v) is 20.5. The van der Waals surface area contributed by atoms with Crippen LogP contribution in [-0.2, 0) is 18.9 Å². The smallest absolute Gasteiger partial charge is 0.438 e. The molecule has 7 heteroatoms. The van der Waals surface area contributed by atoms with Crippen LogP contribution >= 0.6 is 0 Å². The maximum absolute atomic E-state index is 12.2. The molecule has 0 heterocycles. The largest absolute Gasteiger partial charge is 0.508 e. The molecule has 0 bridgehead atoms. The molecule has 0 radical (unpaired) electrons. The molecule has 4 rings (SSSR count). The molecule has 1 N–H and O–H groups in total. The van der Waals surface area contributed by atoms with Gasteiger partial charge in [-0.25, -0.2) is 9.59 Å². The van der Waals surface area contributed by atoms with Crippen LogP contribution in [-0.4, -0.2) is 50.5 Å². The van der Waals surface area contributed by atoms with E-state index in [1.807, 2.05) is 0 Å². The van der Waals surface area contributed by atoms with E-state index in [1.54, 1.807) is 0 Å². The first kappa shape index (κ1) is 24.1. The molecule has 7 nitrogen and oxygen atoms in total. The molecule has 4 aliphatic carbocycles. The van der Waals surface area contributed by atoms with Crippen molar-refractivity contribution in [2.45, 2.75) is 71.5 Å². The third-order valence-corrected chi connectivity index (χ3v) is 9.48. The van der Waals surface area contributed by atoms with E-state index in [0.29, 0.717) is 30.6 Å². The molecular weight excluding hydrogens is 424 g/mol. The first-order valence-corrected chi connectivity index (χ1v) is 12.2. The number of hydrogen-bond acceptors (Lipinski definition) is 7. The van der Waals surface area contributed by atoms with Crippen molar-refractivity contribution in [1.29, 1.82) is 0 Å². The van der Waals surface area contributed by atoms with E-state index in [0.717, 1.165) is 31.3 Å². The number of carbonyl (C=O) groups is 2.